The molecule has 0 radical (unpaired) electrons. The van der Waals surface area contributed by atoms with Crippen molar-refractivity contribution in [2.45, 2.75) is 9.79 Å². The summed E-state index contributed by atoms with van der Waals surface area (Å²) in [5.74, 6) is 0.142. The number of hydrogen-bond acceptors (Lipinski definition) is 6. The molecule has 2 aromatic carbocycles. The van der Waals surface area contributed by atoms with Crippen molar-refractivity contribution in [1.82, 2.24) is 10.3 Å². The second-order valence-corrected chi connectivity index (χ2v) is 10.3. The molecule has 154 valence electrons. The van der Waals surface area contributed by atoms with Crippen molar-refractivity contribution < 1.29 is 21.6 Å². The average molecular weight is 454 g/mol. The van der Waals surface area contributed by atoms with E-state index < -0.39 is 19.9 Å². The first kappa shape index (κ1) is 21.2. The van der Waals surface area contributed by atoms with Crippen LogP contribution in [0.3, 0.4) is 0 Å². The second-order valence-electron chi connectivity index (χ2n) is 6.26. The lowest BCUT2D eigenvalue weighted by atomic mass is 10.2. The number of amides is 1. The van der Waals surface area contributed by atoms with E-state index in [1.807, 2.05) is 0 Å². The lowest BCUT2D eigenvalue weighted by Crippen LogP contribution is -2.25. The molecule has 3 N–H and O–H groups in total. The fourth-order valence-corrected chi connectivity index (χ4v) is 5.62. The predicted octanol–water partition coefficient (Wildman–Crippen LogP) is 2.03. The van der Waals surface area contributed by atoms with E-state index in [0.29, 0.717) is 23.2 Å². The molecular weight excluding hydrogens is 434 g/mol. The number of sulfone groups is 1. The smallest absolute Gasteiger partial charge is 0.267 e. The van der Waals surface area contributed by atoms with E-state index in [1.54, 1.807) is 18.2 Å². The first-order chi connectivity index (χ1) is 13.6. The quantitative estimate of drug-likeness (QED) is 0.408. The highest BCUT2D eigenvalue weighted by molar-refractivity contribution is 7.95. The number of hydrogen-bond donors (Lipinski definition) is 4. The van der Waals surface area contributed by atoms with Crippen molar-refractivity contribution in [3.63, 3.8) is 0 Å². The molecule has 0 saturated carbocycles. The molecule has 8 nitrogen and oxygen atoms in total. The van der Waals surface area contributed by atoms with Crippen molar-refractivity contribution in [1.29, 1.82) is 0 Å². The fraction of sp³-hybridized carbons (Fsp3) is 0.167. The molecule has 1 aromatic heterocycles. The van der Waals surface area contributed by atoms with E-state index in [-0.39, 0.29) is 27.1 Å². The minimum absolute atomic E-state index is 0.194. The molecule has 0 saturated heterocycles. The molecule has 1 amide bonds. The van der Waals surface area contributed by atoms with Crippen LogP contribution in [0.5, 0.6) is 0 Å². The average Bonchev–Trinajstić information content (AvgIpc) is 3.11. The molecule has 0 spiro atoms. The Kier molecular flexibility index (Phi) is 5.92. The lowest BCUT2D eigenvalue weighted by Gasteiger charge is -2.12. The van der Waals surface area contributed by atoms with Gasteiger partial charge in [-0.2, -0.15) is 12.6 Å². The Morgan fingerprint density at radius 2 is 1.72 bits per heavy atom. The Labute approximate surface area is 174 Å². The monoisotopic (exact) mass is 453 g/mol. The van der Waals surface area contributed by atoms with Crippen molar-refractivity contribution >= 4 is 55.0 Å². The van der Waals surface area contributed by atoms with Crippen LogP contribution in [0.1, 0.15) is 10.5 Å². The molecule has 3 aromatic rings. The number of para-hydroxylation sites is 1. The molecular formula is C18H19N3O5S3. The van der Waals surface area contributed by atoms with E-state index in [0.717, 1.165) is 6.26 Å². The summed E-state index contributed by atoms with van der Waals surface area (Å²) in [5.41, 5.74) is 0.868. The van der Waals surface area contributed by atoms with Crippen LogP contribution in [0, 0.1) is 0 Å². The van der Waals surface area contributed by atoms with Crippen LogP contribution >= 0.6 is 12.6 Å². The van der Waals surface area contributed by atoms with Crippen LogP contribution in [-0.2, 0) is 19.9 Å². The van der Waals surface area contributed by atoms with Crippen molar-refractivity contribution in [3.8, 4) is 0 Å². The van der Waals surface area contributed by atoms with Crippen LogP contribution in [0.4, 0.5) is 5.69 Å². The Bertz CT molecular complexity index is 1280. The number of H-pyrrole nitrogens is 1. The molecule has 0 unspecified atom stereocenters. The number of carbonyl (C=O) groups excluding carboxylic acids is 1. The van der Waals surface area contributed by atoms with Gasteiger partial charge in [-0.1, -0.05) is 24.3 Å². The van der Waals surface area contributed by atoms with E-state index in [4.69, 9.17) is 0 Å². The molecule has 1 heterocycles. The Balaban J connectivity index is 2.03. The largest absolute Gasteiger partial charge is 0.350 e. The van der Waals surface area contributed by atoms with E-state index in [2.05, 4.69) is 27.7 Å². The van der Waals surface area contributed by atoms with Gasteiger partial charge in [0.15, 0.2) is 9.84 Å². The number of thiol groups is 1. The molecule has 0 aliphatic rings. The third-order valence-electron chi connectivity index (χ3n) is 4.08. The fourth-order valence-electron chi connectivity index (χ4n) is 2.81. The maximum Gasteiger partial charge on any atom is 0.267 e. The van der Waals surface area contributed by atoms with Crippen LogP contribution in [0.15, 0.2) is 58.3 Å². The molecule has 29 heavy (non-hydrogen) atoms. The summed E-state index contributed by atoms with van der Waals surface area (Å²) in [7, 11) is -7.96. The number of aromatic amines is 1. The van der Waals surface area contributed by atoms with Gasteiger partial charge < -0.3 is 10.3 Å². The maximum absolute atomic E-state index is 12.9. The summed E-state index contributed by atoms with van der Waals surface area (Å²) in [4.78, 5) is 14.4. The van der Waals surface area contributed by atoms with Crippen LogP contribution in [0.2, 0.25) is 0 Å². The summed E-state index contributed by atoms with van der Waals surface area (Å²) >= 11 is 4.04. The number of sulfonamides is 1. The molecule has 0 aliphatic heterocycles. The Morgan fingerprint density at radius 1 is 1.03 bits per heavy atom. The standard InChI is InChI=1S/C18H19N3O5S3/c1-28(23,24)15-7-2-3-8-16(15)29(25,26)21-13-6-4-5-12-11-14(20-17(12)13)18(22)19-9-10-27/h2-8,11,20-21,27H,9-10H2,1H3,(H,19,22). The number of anilines is 1. The summed E-state index contributed by atoms with van der Waals surface area (Å²) in [6.07, 6.45) is 0.947. The Morgan fingerprint density at radius 3 is 2.38 bits per heavy atom. The lowest BCUT2D eigenvalue weighted by molar-refractivity contribution is 0.0952. The summed E-state index contributed by atoms with van der Waals surface area (Å²) < 4.78 is 52.2. The third kappa shape index (κ3) is 4.57. The zero-order valence-corrected chi connectivity index (χ0v) is 17.9. The topological polar surface area (TPSA) is 125 Å². The SMILES string of the molecule is CS(=O)(=O)c1ccccc1S(=O)(=O)Nc1cccc2cc(C(=O)NCCS)[nH]c12. The number of nitrogens with one attached hydrogen (secondary N) is 3. The van der Waals surface area contributed by atoms with Crippen molar-refractivity contribution in [2.24, 2.45) is 0 Å². The van der Waals surface area contributed by atoms with Crippen LogP contribution < -0.4 is 10.0 Å². The normalized spacial score (nSPS) is 12.1. The summed E-state index contributed by atoms with van der Waals surface area (Å²) in [5, 5.41) is 3.30. The van der Waals surface area contributed by atoms with Gasteiger partial charge in [-0.15, -0.1) is 0 Å². The number of carbonyl (C=O) groups is 1. The first-order valence-corrected chi connectivity index (χ1v) is 12.5. The van der Waals surface area contributed by atoms with Gasteiger partial charge in [-0.05, 0) is 24.3 Å². The first-order valence-electron chi connectivity index (χ1n) is 8.46. The molecule has 0 atom stereocenters. The van der Waals surface area contributed by atoms with Gasteiger partial charge in [0.05, 0.1) is 16.1 Å². The van der Waals surface area contributed by atoms with E-state index >= 15 is 0 Å². The molecule has 3 rings (SSSR count). The van der Waals surface area contributed by atoms with Gasteiger partial charge in [0.2, 0.25) is 0 Å². The molecule has 0 aliphatic carbocycles. The second kappa shape index (κ2) is 8.09. The number of rotatable bonds is 7. The minimum atomic E-state index is -4.20. The molecule has 0 fully saturated rings. The van der Waals surface area contributed by atoms with E-state index in [1.165, 1.54) is 30.3 Å². The molecule has 11 heteroatoms. The van der Waals surface area contributed by atoms with Crippen molar-refractivity contribution in [2.75, 3.05) is 23.3 Å². The summed E-state index contributed by atoms with van der Waals surface area (Å²) in [6.45, 7) is 0.388. The number of aromatic nitrogens is 1. The number of fused-ring (bicyclic) bond motifs is 1. The minimum Gasteiger partial charge on any atom is -0.350 e. The zero-order chi connectivity index (χ0) is 21.2. The predicted molar refractivity (Wildman–Crippen MR) is 115 cm³/mol. The maximum atomic E-state index is 12.9. The highest BCUT2D eigenvalue weighted by atomic mass is 32.2. The van der Waals surface area contributed by atoms with Crippen LogP contribution in [-0.4, -0.2) is 46.3 Å². The highest BCUT2D eigenvalue weighted by Gasteiger charge is 2.24. The summed E-state index contributed by atoms with van der Waals surface area (Å²) in [6, 6.07) is 11.8. The Hall–Kier alpha value is -2.50. The van der Waals surface area contributed by atoms with E-state index in [9.17, 15) is 21.6 Å². The van der Waals surface area contributed by atoms with Crippen LogP contribution in [0.25, 0.3) is 10.9 Å². The number of benzene rings is 2. The molecule has 0 bridgehead atoms. The highest BCUT2D eigenvalue weighted by Crippen LogP contribution is 2.28. The van der Waals surface area contributed by atoms with Gasteiger partial charge in [-0.25, -0.2) is 16.8 Å². The van der Waals surface area contributed by atoms with Crippen molar-refractivity contribution in [3.05, 3.63) is 54.2 Å². The van der Waals surface area contributed by atoms with Gasteiger partial charge >= 0.3 is 0 Å². The van der Waals surface area contributed by atoms with Gasteiger partial charge in [0.1, 0.15) is 10.6 Å². The zero-order valence-electron chi connectivity index (χ0n) is 15.3. The van der Waals surface area contributed by atoms with Gasteiger partial charge in [-0.3, -0.25) is 9.52 Å². The van der Waals surface area contributed by atoms with Gasteiger partial charge in [0.25, 0.3) is 15.9 Å². The van der Waals surface area contributed by atoms with Gasteiger partial charge in [0, 0.05) is 23.9 Å². The third-order valence-corrected chi connectivity index (χ3v) is 7.01.